The van der Waals surface area contributed by atoms with Crippen LogP contribution in [0.25, 0.3) is 0 Å². The molecule has 2 aromatic carbocycles. The number of amides is 2. The number of unbranched alkanes of at least 4 members (excludes halogenated alkanes) is 1. The van der Waals surface area contributed by atoms with Crippen molar-refractivity contribution < 1.29 is 23.1 Å². The van der Waals surface area contributed by atoms with E-state index in [1.165, 1.54) is 23.5 Å². The topological polar surface area (TPSA) is 119 Å². The maximum Gasteiger partial charge on any atom is 0.230 e. The molecule has 2 aromatic heterocycles. The van der Waals surface area contributed by atoms with Crippen molar-refractivity contribution in [3.8, 4) is 5.75 Å². The number of carbonyl (C=O) groups is 2. The lowest BCUT2D eigenvalue weighted by Crippen LogP contribution is -2.16. The van der Waals surface area contributed by atoms with Gasteiger partial charge in [-0.15, -0.1) is 15.3 Å². The zero-order valence-electron chi connectivity index (χ0n) is 20.9. The number of rotatable bonds is 13. The molecule has 9 nitrogen and oxygen atoms in total. The van der Waals surface area contributed by atoms with Crippen LogP contribution in [0, 0.1) is 5.82 Å². The zero-order chi connectivity index (χ0) is 27.5. The van der Waals surface area contributed by atoms with E-state index in [4.69, 9.17) is 4.74 Å². The Morgan fingerprint density at radius 3 is 2.36 bits per heavy atom. The Bertz CT molecular complexity index is 1380. The Morgan fingerprint density at radius 2 is 1.59 bits per heavy atom. The summed E-state index contributed by atoms with van der Waals surface area (Å²) in [5.74, 6) is -0.132. The molecule has 0 saturated heterocycles. The van der Waals surface area contributed by atoms with Gasteiger partial charge in [0, 0.05) is 6.42 Å². The van der Waals surface area contributed by atoms with Gasteiger partial charge in [-0.1, -0.05) is 35.6 Å². The number of hydrogen-bond donors (Lipinski definition) is 2. The summed E-state index contributed by atoms with van der Waals surface area (Å²) < 4.78 is 30.1. The van der Waals surface area contributed by atoms with Gasteiger partial charge in [0.1, 0.15) is 16.6 Å². The summed E-state index contributed by atoms with van der Waals surface area (Å²) in [4.78, 5) is 24.5. The summed E-state index contributed by atoms with van der Waals surface area (Å²) in [6, 6.07) is 16.0. The van der Waals surface area contributed by atoms with Gasteiger partial charge in [-0.05, 0) is 66.8 Å². The lowest BCUT2D eigenvalue weighted by molar-refractivity contribution is -0.116. The van der Waals surface area contributed by atoms with Crippen LogP contribution < -0.4 is 15.4 Å². The molecule has 202 valence electrons. The minimum Gasteiger partial charge on any atom is -0.463 e. The van der Waals surface area contributed by atoms with E-state index in [1.807, 2.05) is 6.07 Å². The molecular weight excluding hydrogens is 526 g/mol. The van der Waals surface area contributed by atoms with Gasteiger partial charge < -0.3 is 15.4 Å². The molecule has 0 saturated carbocycles. The molecule has 2 N–H and O–H groups in total. The van der Waals surface area contributed by atoms with Crippen LogP contribution >= 0.6 is 11.3 Å². The van der Waals surface area contributed by atoms with Crippen LogP contribution in [0.1, 0.15) is 34.7 Å². The summed E-state index contributed by atoms with van der Waals surface area (Å²) in [6.45, 7) is -0.929. The zero-order valence-corrected chi connectivity index (χ0v) is 21.7. The van der Waals surface area contributed by atoms with E-state index in [2.05, 4.69) is 31.0 Å². The molecule has 12 heteroatoms. The first-order chi connectivity index (χ1) is 19.0. The lowest BCUT2D eigenvalue weighted by atomic mass is 10.1. The first-order valence-corrected chi connectivity index (χ1v) is 13.1. The molecule has 4 aromatic rings. The normalized spacial score (nSPS) is 10.7. The molecule has 2 amide bonds. The minimum absolute atomic E-state index is 0.0954. The highest BCUT2D eigenvalue weighted by Crippen LogP contribution is 2.18. The first-order valence-electron chi connectivity index (χ1n) is 12.2. The molecule has 0 aliphatic rings. The van der Waals surface area contributed by atoms with Crippen molar-refractivity contribution in [3.63, 3.8) is 0 Å². The van der Waals surface area contributed by atoms with E-state index in [0.29, 0.717) is 40.7 Å². The van der Waals surface area contributed by atoms with Crippen LogP contribution in [0.5, 0.6) is 5.75 Å². The summed E-state index contributed by atoms with van der Waals surface area (Å²) in [5.41, 5.74) is 2.21. The van der Waals surface area contributed by atoms with Crippen LogP contribution in [0.3, 0.4) is 0 Å². The molecule has 0 atom stereocenters. The van der Waals surface area contributed by atoms with Crippen LogP contribution in [0.2, 0.25) is 0 Å². The minimum atomic E-state index is -0.929. The predicted molar refractivity (Wildman–Crippen MR) is 143 cm³/mol. The fourth-order valence-corrected chi connectivity index (χ4v) is 4.48. The van der Waals surface area contributed by atoms with Crippen molar-refractivity contribution in [3.05, 3.63) is 88.3 Å². The second-order valence-electron chi connectivity index (χ2n) is 8.60. The molecule has 0 aliphatic heterocycles. The maximum atomic E-state index is 13.0. The number of benzene rings is 2. The van der Waals surface area contributed by atoms with Gasteiger partial charge in [-0.25, -0.2) is 8.78 Å². The van der Waals surface area contributed by atoms with Crippen molar-refractivity contribution in [1.82, 2.24) is 20.4 Å². The van der Waals surface area contributed by atoms with Crippen LogP contribution in [0.15, 0.2) is 60.7 Å². The number of halogens is 2. The maximum absolute atomic E-state index is 13.0. The Labute approximate surface area is 227 Å². The van der Waals surface area contributed by atoms with Crippen molar-refractivity contribution in [2.75, 3.05) is 17.5 Å². The van der Waals surface area contributed by atoms with Gasteiger partial charge in [0.25, 0.3) is 0 Å². The predicted octanol–water partition coefficient (Wildman–Crippen LogP) is 4.70. The number of aromatic nitrogens is 4. The summed E-state index contributed by atoms with van der Waals surface area (Å²) in [6.07, 6.45) is 3.35. The van der Waals surface area contributed by atoms with Gasteiger partial charge >= 0.3 is 0 Å². The smallest absolute Gasteiger partial charge is 0.230 e. The van der Waals surface area contributed by atoms with Crippen LogP contribution in [-0.2, 0) is 35.3 Å². The van der Waals surface area contributed by atoms with Crippen molar-refractivity contribution in [1.29, 1.82) is 0 Å². The third kappa shape index (κ3) is 9.18. The quantitative estimate of drug-likeness (QED) is 0.231. The summed E-state index contributed by atoms with van der Waals surface area (Å²) in [7, 11) is 0. The molecule has 0 aliphatic carbocycles. The van der Waals surface area contributed by atoms with E-state index < -0.39 is 6.86 Å². The molecule has 0 unspecified atom stereocenters. The highest BCUT2D eigenvalue weighted by molar-refractivity contribution is 7.15. The molecule has 0 spiro atoms. The largest absolute Gasteiger partial charge is 0.463 e. The number of nitrogens with zero attached hydrogens (tertiary/aromatic N) is 4. The Hall–Kier alpha value is -4.32. The second kappa shape index (κ2) is 14.0. The molecule has 2 heterocycles. The third-order valence-electron chi connectivity index (χ3n) is 5.54. The van der Waals surface area contributed by atoms with Crippen molar-refractivity contribution in [2.45, 2.75) is 38.5 Å². The third-order valence-corrected chi connectivity index (χ3v) is 6.43. The summed E-state index contributed by atoms with van der Waals surface area (Å²) in [5, 5.41) is 23.1. The SMILES string of the molecule is O=C(Cc1cccc(OCF)c1)Nc1ccc(CCCCc2nnc(NC(=O)Cc3ccc(F)cc3)s2)nn1. The average Bonchev–Trinajstić information content (AvgIpc) is 3.36. The lowest BCUT2D eigenvalue weighted by Gasteiger charge is -2.06. The highest BCUT2D eigenvalue weighted by Gasteiger charge is 2.10. The number of alkyl halides is 1. The molecule has 0 bridgehead atoms. The van der Waals surface area contributed by atoms with Crippen LogP contribution in [0.4, 0.5) is 19.7 Å². The monoisotopic (exact) mass is 552 g/mol. The molecular formula is C27H26F2N6O3S. The van der Waals surface area contributed by atoms with Gasteiger partial charge in [-0.2, -0.15) is 5.10 Å². The fraction of sp³-hybridized carbons (Fsp3) is 0.259. The van der Waals surface area contributed by atoms with E-state index in [9.17, 15) is 18.4 Å². The summed E-state index contributed by atoms with van der Waals surface area (Å²) >= 11 is 1.33. The number of nitrogens with one attached hydrogen (secondary N) is 2. The van der Waals surface area contributed by atoms with Gasteiger partial charge in [0.15, 0.2) is 5.82 Å². The number of aryl methyl sites for hydroxylation is 2. The number of hydrogen-bond acceptors (Lipinski definition) is 8. The van der Waals surface area contributed by atoms with Gasteiger partial charge in [-0.3, -0.25) is 9.59 Å². The number of carbonyl (C=O) groups excluding carboxylic acids is 2. The van der Waals surface area contributed by atoms with Crippen molar-refractivity contribution in [2.24, 2.45) is 0 Å². The number of ether oxygens (including phenoxy) is 1. The highest BCUT2D eigenvalue weighted by atomic mass is 32.1. The standard InChI is InChI=1S/C27H26F2N6O3S/c28-17-38-22-6-3-4-19(14-22)16-24(36)30-23-13-12-21(32-33-23)5-1-2-7-26-34-35-27(39-26)31-25(37)15-18-8-10-20(29)11-9-18/h3-4,6,8-14H,1-2,5,7,15-17H2,(H,30,33,36)(H,31,35,37). The van der Waals surface area contributed by atoms with E-state index in [-0.39, 0.29) is 30.5 Å². The average molecular weight is 553 g/mol. The van der Waals surface area contributed by atoms with E-state index in [0.717, 1.165) is 23.5 Å². The molecule has 0 radical (unpaired) electrons. The fourth-order valence-electron chi connectivity index (χ4n) is 3.68. The Balaban J connectivity index is 1.15. The van der Waals surface area contributed by atoms with E-state index in [1.54, 1.807) is 42.5 Å². The van der Waals surface area contributed by atoms with Gasteiger partial charge in [0.2, 0.25) is 23.8 Å². The molecule has 4 rings (SSSR count). The molecule has 0 fully saturated rings. The van der Waals surface area contributed by atoms with Crippen LogP contribution in [-0.4, -0.2) is 39.1 Å². The Kier molecular flexibility index (Phi) is 9.95. The van der Waals surface area contributed by atoms with Gasteiger partial charge in [0.05, 0.1) is 18.5 Å². The van der Waals surface area contributed by atoms with E-state index >= 15 is 0 Å². The van der Waals surface area contributed by atoms with Crippen molar-refractivity contribution >= 4 is 34.1 Å². The second-order valence-corrected chi connectivity index (χ2v) is 9.66. The Morgan fingerprint density at radius 1 is 0.821 bits per heavy atom. The first kappa shape index (κ1) is 27.7. The number of anilines is 2. The molecule has 39 heavy (non-hydrogen) atoms.